The van der Waals surface area contributed by atoms with E-state index in [-0.39, 0.29) is 19.1 Å². The Bertz CT molecular complexity index is 640. The van der Waals surface area contributed by atoms with Crippen LogP contribution >= 0.6 is 0 Å². The first-order valence-corrected chi connectivity index (χ1v) is 10.1. The van der Waals surface area contributed by atoms with E-state index < -0.39 is 22.2 Å². The lowest BCUT2D eigenvalue weighted by molar-refractivity contribution is -0.139. The molecule has 0 bridgehead atoms. The lowest BCUT2D eigenvalue weighted by atomic mass is 9.95. The van der Waals surface area contributed by atoms with Crippen LogP contribution in [0, 0.1) is 0 Å². The highest BCUT2D eigenvalue weighted by molar-refractivity contribution is 7.86. The molecular formula is C15H25N3O6S. The number of carbonyl (C=O) groups excluding carboxylic acids is 1. The summed E-state index contributed by atoms with van der Waals surface area (Å²) in [5.74, 6) is -0.0243. The van der Waals surface area contributed by atoms with Crippen molar-refractivity contribution in [2.45, 2.75) is 58.2 Å². The number of hydrogen-bond acceptors (Lipinski definition) is 7. The van der Waals surface area contributed by atoms with Crippen LogP contribution in [0.1, 0.15) is 46.0 Å². The summed E-state index contributed by atoms with van der Waals surface area (Å²) in [6.07, 6.45) is 2.32. The third-order valence-electron chi connectivity index (χ3n) is 3.67. The van der Waals surface area contributed by atoms with Gasteiger partial charge in [0.25, 0.3) is 10.1 Å². The van der Waals surface area contributed by atoms with Crippen molar-refractivity contribution < 1.29 is 26.9 Å². The monoisotopic (exact) mass is 375 g/mol. The molecule has 1 aliphatic rings. The van der Waals surface area contributed by atoms with E-state index in [2.05, 4.69) is 10.0 Å². The van der Waals surface area contributed by atoms with Crippen molar-refractivity contribution in [3.8, 4) is 0 Å². The molecule has 142 valence electrons. The van der Waals surface area contributed by atoms with Gasteiger partial charge in [-0.3, -0.25) is 4.18 Å². The predicted octanol–water partition coefficient (Wildman–Crippen LogP) is 2.83. The minimum absolute atomic E-state index is 0.119. The number of hydrogen-bond donors (Lipinski definition) is 0. The molecule has 9 nitrogen and oxygen atoms in total. The molecule has 0 amide bonds. The van der Waals surface area contributed by atoms with Crippen LogP contribution in [0.25, 0.3) is 10.4 Å². The molecule has 0 aliphatic heterocycles. The minimum Gasteiger partial charge on any atom is -0.494 e. The van der Waals surface area contributed by atoms with Crippen molar-refractivity contribution in [3.05, 3.63) is 21.8 Å². The van der Waals surface area contributed by atoms with E-state index in [1.807, 2.05) is 6.92 Å². The summed E-state index contributed by atoms with van der Waals surface area (Å²) in [6, 6.07) is 0. The zero-order valence-corrected chi connectivity index (χ0v) is 15.6. The molecule has 0 N–H and O–H groups in total. The van der Waals surface area contributed by atoms with Crippen LogP contribution in [0.3, 0.4) is 0 Å². The molecule has 0 aromatic heterocycles. The lowest BCUT2D eigenvalue weighted by Gasteiger charge is -2.28. The summed E-state index contributed by atoms with van der Waals surface area (Å²) in [4.78, 5) is 14.9. The van der Waals surface area contributed by atoms with Gasteiger partial charge in [0.05, 0.1) is 30.6 Å². The summed E-state index contributed by atoms with van der Waals surface area (Å²) in [5, 5.41) is 3.49. The Balaban J connectivity index is 2.93. The first kappa shape index (κ1) is 21.3. The molecule has 1 aliphatic carbocycles. The number of carbonyl (C=O) groups is 1. The molecule has 0 spiro atoms. The van der Waals surface area contributed by atoms with Crippen LogP contribution in [-0.2, 0) is 28.6 Å². The van der Waals surface area contributed by atoms with E-state index in [1.54, 1.807) is 6.92 Å². The van der Waals surface area contributed by atoms with Crippen LogP contribution in [0.4, 0.5) is 0 Å². The van der Waals surface area contributed by atoms with Crippen molar-refractivity contribution in [2.24, 2.45) is 5.11 Å². The van der Waals surface area contributed by atoms with Gasteiger partial charge in [0.15, 0.2) is 0 Å². The Morgan fingerprint density at radius 2 is 2.16 bits per heavy atom. The Labute approximate surface area is 148 Å². The van der Waals surface area contributed by atoms with Gasteiger partial charge in [-0.25, -0.2) is 4.79 Å². The standard InChI is InChI=1S/C15H25N3O6S/c1-4-11(8-9-17-18-16)23-14-7-6-12(24-25(3,20)21)10-13(14)15(19)22-5-2/h11-12H,4-10H2,1-3H3. The van der Waals surface area contributed by atoms with Crippen LogP contribution in [0.5, 0.6) is 0 Å². The highest BCUT2D eigenvalue weighted by Gasteiger charge is 2.31. The largest absolute Gasteiger partial charge is 0.494 e. The smallest absolute Gasteiger partial charge is 0.337 e. The number of allylic oxidation sites excluding steroid dienone is 1. The lowest BCUT2D eigenvalue weighted by Crippen LogP contribution is -2.28. The molecule has 0 fully saturated rings. The highest BCUT2D eigenvalue weighted by atomic mass is 32.2. The van der Waals surface area contributed by atoms with Gasteiger partial charge in [-0.2, -0.15) is 8.42 Å². The van der Waals surface area contributed by atoms with Gasteiger partial charge in [0.2, 0.25) is 0 Å². The van der Waals surface area contributed by atoms with Crippen molar-refractivity contribution in [2.75, 3.05) is 19.4 Å². The number of nitrogens with zero attached hydrogens (tertiary/aromatic N) is 3. The number of azide groups is 1. The molecule has 25 heavy (non-hydrogen) atoms. The van der Waals surface area contributed by atoms with Gasteiger partial charge in [-0.05, 0) is 31.7 Å². The van der Waals surface area contributed by atoms with Crippen LogP contribution in [0.15, 0.2) is 16.4 Å². The molecule has 2 atom stereocenters. The average molecular weight is 375 g/mol. The van der Waals surface area contributed by atoms with E-state index in [0.29, 0.717) is 43.6 Å². The topological polar surface area (TPSA) is 128 Å². The maximum Gasteiger partial charge on any atom is 0.337 e. The predicted molar refractivity (Wildman–Crippen MR) is 91.0 cm³/mol. The summed E-state index contributed by atoms with van der Waals surface area (Å²) in [5.41, 5.74) is 8.66. The summed E-state index contributed by atoms with van der Waals surface area (Å²) in [7, 11) is -3.61. The maximum atomic E-state index is 12.2. The fourth-order valence-corrected chi connectivity index (χ4v) is 3.21. The van der Waals surface area contributed by atoms with Crippen LogP contribution in [0.2, 0.25) is 0 Å². The molecule has 0 radical (unpaired) electrons. The van der Waals surface area contributed by atoms with E-state index in [4.69, 9.17) is 19.2 Å². The third kappa shape index (κ3) is 7.76. The van der Waals surface area contributed by atoms with Gasteiger partial charge < -0.3 is 9.47 Å². The SMILES string of the molecule is CCOC(=O)C1=C(OC(CC)CCN=[N+]=[N-])CCC(OS(C)(=O)=O)C1. The maximum absolute atomic E-state index is 12.2. The quantitative estimate of drug-likeness (QED) is 0.190. The molecule has 0 aromatic rings. The Morgan fingerprint density at radius 3 is 2.72 bits per heavy atom. The second kappa shape index (κ2) is 10.3. The van der Waals surface area contributed by atoms with E-state index in [0.717, 1.165) is 6.26 Å². The minimum atomic E-state index is -3.61. The first-order valence-electron chi connectivity index (χ1n) is 8.25. The van der Waals surface area contributed by atoms with Crippen molar-refractivity contribution in [3.63, 3.8) is 0 Å². The fraction of sp³-hybridized carbons (Fsp3) is 0.800. The zero-order chi connectivity index (χ0) is 18.9. The molecule has 0 heterocycles. The number of esters is 1. The molecule has 0 saturated carbocycles. The van der Waals surface area contributed by atoms with Crippen LogP contribution in [-0.4, -0.2) is 46.0 Å². The number of ether oxygens (including phenoxy) is 2. The molecular weight excluding hydrogens is 350 g/mol. The number of rotatable bonds is 10. The van der Waals surface area contributed by atoms with Gasteiger partial charge in [0, 0.05) is 24.3 Å². The molecule has 1 rings (SSSR count). The van der Waals surface area contributed by atoms with Crippen molar-refractivity contribution >= 4 is 16.1 Å². The second-order valence-corrected chi connectivity index (χ2v) is 7.28. The second-order valence-electron chi connectivity index (χ2n) is 5.68. The summed E-state index contributed by atoms with van der Waals surface area (Å²) in [6.45, 7) is 4.14. The van der Waals surface area contributed by atoms with Crippen LogP contribution < -0.4 is 0 Å². The Morgan fingerprint density at radius 1 is 1.44 bits per heavy atom. The Hall–Kier alpha value is -1.77. The van der Waals surface area contributed by atoms with E-state index >= 15 is 0 Å². The molecule has 2 unspecified atom stereocenters. The summed E-state index contributed by atoms with van der Waals surface area (Å²) >= 11 is 0. The van der Waals surface area contributed by atoms with Crippen molar-refractivity contribution in [1.82, 2.24) is 0 Å². The molecule has 10 heteroatoms. The van der Waals surface area contributed by atoms with Gasteiger partial charge in [-0.15, -0.1) is 0 Å². The molecule has 0 saturated heterocycles. The normalized spacial score (nSPS) is 19.1. The van der Waals surface area contributed by atoms with Gasteiger partial charge >= 0.3 is 5.97 Å². The van der Waals surface area contributed by atoms with Gasteiger partial charge in [-0.1, -0.05) is 12.0 Å². The first-order chi connectivity index (χ1) is 11.8. The van der Waals surface area contributed by atoms with E-state index in [9.17, 15) is 13.2 Å². The Kier molecular flexibility index (Phi) is 8.74. The molecule has 0 aromatic carbocycles. The highest BCUT2D eigenvalue weighted by Crippen LogP contribution is 2.31. The average Bonchev–Trinajstić information content (AvgIpc) is 2.54. The summed E-state index contributed by atoms with van der Waals surface area (Å²) < 4.78 is 38.7. The van der Waals surface area contributed by atoms with Crippen molar-refractivity contribution in [1.29, 1.82) is 0 Å². The fourth-order valence-electron chi connectivity index (χ4n) is 2.56. The zero-order valence-electron chi connectivity index (χ0n) is 14.8. The van der Waals surface area contributed by atoms with Gasteiger partial charge in [0.1, 0.15) is 5.76 Å². The third-order valence-corrected chi connectivity index (χ3v) is 4.29. The van der Waals surface area contributed by atoms with E-state index in [1.165, 1.54) is 0 Å².